The summed E-state index contributed by atoms with van der Waals surface area (Å²) in [5, 5.41) is 0. The Morgan fingerprint density at radius 2 is 1.68 bits per heavy atom. The molecule has 3 amide bonds. The van der Waals surface area contributed by atoms with Gasteiger partial charge in [0, 0.05) is 25.9 Å². The maximum atomic E-state index is 12.7. The minimum Gasteiger partial charge on any atom is -0.341 e. The zero-order valence-corrected chi connectivity index (χ0v) is 15.2. The molecule has 0 spiro atoms. The second-order valence-electron chi connectivity index (χ2n) is 7.29. The fourth-order valence-corrected chi connectivity index (χ4v) is 4.01. The van der Waals surface area contributed by atoms with Crippen molar-refractivity contribution >= 4 is 17.7 Å². The summed E-state index contributed by atoms with van der Waals surface area (Å²) in [4.78, 5) is 39.4. The van der Waals surface area contributed by atoms with E-state index in [4.69, 9.17) is 0 Å². The van der Waals surface area contributed by atoms with E-state index in [9.17, 15) is 14.4 Å². The lowest BCUT2D eigenvalue weighted by atomic mass is 9.86. The molecule has 1 aromatic carbocycles. The van der Waals surface area contributed by atoms with Gasteiger partial charge >= 0.3 is 0 Å². The molecule has 5 heteroatoms. The molecule has 0 aromatic heterocycles. The summed E-state index contributed by atoms with van der Waals surface area (Å²) in [5.74, 6) is -0.0930. The standard InChI is InChI=1S/C20H26N2O3/c1-13-4-5-14(2)17(12-13)16-8-10-21(11-9-16)20(25)15(3)22-18(23)6-7-19(22)24/h4-5,12,15-16H,6-11H2,1-3H3. The number of hydrogen-bond donors (Lipinski definition) is 0. The second-order valence-corrected chi connectivity index (χ2v) is 7.29. The normalized spacial score (nSPS) is 20.3. The molecule has 2 aliphatic rings. The van der Waals surface area contributed by atoms with Crippen LogP contribution in [0.4, 0.5) is 0 Å². The summed E-state index contributed by atoms with van der Waals surface area (Å²) in [6.07, 6.45) is 2.30. The monoisotopic (exact) mass is 342 g/mol. The van der Waals surface area contributed by atoms with Gasteiger partial charge in [0.05, 0.1) is 0 Å². The van der Waals surface area contributed by atoms with Crippen LogP contribution >= 0.6 is 0 Å². The van der Waals surface area contributed by atoms with Crippen molar-refractivity contribution in [1.82, 2.24) is 9.80 Å². The molecule has 2 fully saturated rings. The minimum atomic E-state index is -0.681. The molecule has 2 saturated heterocycles. The molecule has 2 aliphatic heterocycles. The minimum absolute atomic E-state index is 0.108. The molecule has 3 rings (SSSR count). The van der Waals surface area contributed by atoms with Crippen molar-refractivity contribution in [3.8, 4) is 0 Å². The van der Waals surface area contributed by atoms with E-state index in [2.05, 4.69) is 32.0 Å². The van der Waals surface area contributed by atoms with Gasteiger partial charge in [0.1, 0.15) is 6.04 Å². The molecular weight excluding hydrogens is 316 g/mol. The molecule has 1 aromatic rings. The van der Waals surface area contributed by atoms with E-state index in [1.807, 2.05) is 4.90 Å². The molecule has 5 nitrogen and oxygen atoms in total. The first kappa shape index (κ1) is 17.6. The lowest BCUT2D eigenvalue weighted by Crippen LogP contribution is -2.51. The average Bonchev–Trinajstić information content (AvgIpc) is 2.94. The molecule has 1 atom stereocenters. The van der Waals surface area contributed by atoms with E-state index >= 15 is 0 Å². The molecule has 1 unspecified atom stereocenters. The number of likely N-dealkylation sites (tertiary alicyclic amines) is 2. The highest BCUT2D eigenvalue weighted by Gasteiger charge is 2.38. The number of carbonyl (C=O) groups excluding carboxylic acids is 3. The summed E-state index contributed by atoms with van der Waals surface area (Å²) in [7, 11) is 0. The number of imide groups is 1. The lowest BCUT2D eigenvalue weighted by Gasteiger charge is -2.35. The number of carbonyl (C=O) groups is 3. The highest BCUT2D eigenvalue weighted by Crippen LogP contribution is 2.31. The van der Waals surface area contributed by atoms with Gasteiger partial charge in [0.2, 0.25) is 17.7 Å². The predicted octanol–water partition coefficient (Wildman–Crippen LogP) is 2.55. The number of piperidine rings is 1. The molecule has 0 N–H and O–H groups in total. The Hall–Kier alpha value is -2.17. The van der Waals surface area contributed by atoms with Crippen molar-refractivity contribution in [2.75, 3.05) is 13.1 Å². The highest BCUT2D eigenvalue weighted by molar-refractivity contribution is 6.05. The number of amides is 3. The van der Waals surface area contributed by atoms with Crippen LogP contribution in [-0.4, -0.2) is 46.7 Å². The van der Waals surface area contributed by atoms with E-state index in [-0.39, 0.29) is 30.6 Å². The van der Waals surface area contributed by atoms with Crippen LogP contribution in [0.2, 0.25) is 0 Å². The zero-order chi connectivity index (χ0) is 18.1. The Labute approximate surface area is 149 Å². The van der Waals surface area contributed by atoms with Crippen LogP contribution in [0.3, 0.4) is 0 Å². The Morgan fingerprint density at radius 1 is 1.08 bits per heavy atom. The molecule has 134 valence electrons. The summed E-state index contributed by atoms with van der Waals surface area (Å²) in [6, 6.07) is 5.86. The molecular formula is C20H26N2O3. The number of aryl methyl sites for hydroxylation is 2. The van der Waals surface area contributed by atoms with Crippen molar-refractivity contribution < 1.29 is 14.4 Å². The highest BCUT2D eigenvalue weighted by atomic mass is 16.2. The number of nitrogens with zero attached hydrogens (tertiary/aromatic N) is 2. The Bertz CT molecular complexity index is 689. The maximum absolute atomic E-state index is 12.7. The molecule has 25 heavy (non-hydrogen) atoms. The first-order chi connectivity index (χ1) is 11.9. The molecule has 0 saturated carbocycles. The van der Waals surface area contributed by atoms with E-state index < -0.39 is 6.04 Å². The summed E-state index contributed by atoms with van der Waals surface area (Å²) in [6.45, 7) is 7.27. The first-order valence-corrected chi connectivity index (χ1v) is 9.09. The lowest BCUT2D eigenvalue weighted by molar-refractivity contribution is -0.150. The quantitative estimate of drug-likeness (QED) is 0.793. The van der Waals surface area contributed by atoms with Crippen LogP contribution < -0.4 is 0 Å². The third kappa shape index (κ3) is 3.46. The van der Waals surface area contributed by atoms with Crippen LogP contribution in [0, 0.1) is 13.8 Å². The van der Waals surface area contributed by atoms with Gasteiger partial charge in [-0.3, -0.25) is 19.3 Å². The van der Waals surface area contributed by atoms with Gasteiger partial charge in [-0.15, -0.1) is 0 Å². The largest absolute Gasteiger partial charge is 0.341 e. The number of benzene rings is 1. The van der Waals surface area contributed by atoms with Crippen molar-refractivity contribution in [3.63, 3.8) is 0 Å². The van der Waals surface area contributed by atoms with Crippen LogP contribution in [0.15, 0.2) is 18.2 Å². The number of hydrogen-bond acceptors (Lipinski definition) is 3. The fourth-order valence-electron chi connectivity index (χ4n) is 4.01. The Morgan fingerprint density at radius 3 is 2.28 bits per heavy atom. The predicted molar refractivity (Wildman–Crippen MR) is 95.0 cm³/mol. The third-order valence-electron chi connectivity index (χ3n) is 5.52. The molecule has 0 radical (unpaired) electrons. The SMILES string of the molecule is Cc1ccc(C)c(C2CCN(C(=O)C(C)N3C(=O)CCC3=O)CC2)c1. The van der Waals surface area contributed by atoms with Crippen LogP contribution in [0.5, 0.6) is 0 Å². The third-order valence-corrected chi connectivity index (χ3v) is 5.52. The zero-order valence-electron chi connectivity index (χ0n) is 15.2. The van der Waals surface area contributed by atoms with E-state index in [1.165, 1.54) is 16.7 Å². The van der Waals surface area contributed by atoms with Crippen LogP contribution in [0.1, 0.15) is 55.2 Å². The smallest absolute Gasteiger partial charge is 0.245 e. The molecule has 0 aliphatic carbocycles. The first-order valence-electron chi connectivity index (χ1n) is 9.09. The fraction of sp³-hybridized carbons (Fsp3) is 0.550. The molecule has 0 bridgehead atoms. The van der Waals surface area contributed by atoms with Crippen LogP contribution in [-0.2, 0) is 14.4 Å². The average molecular weight is 342 g/mol. The van der Waals surface area contributed by atoms with Gasteiger partial charge in [0.25, 0.3) is 0 Å². The van der Waals surface area contributed by atoms with Crippen molar-refractivity contribution in [1.29, 1.82) is 0 Å². The van der Waals surface area contributed by atoms with Gasteiger partial charge in [-0.2, -0.15) is 0 Å². The maximum Gasteiger partial charge on any atom is 0.245 e. The second kappa shape index (κ2) is 6.98. The van der Waals surface area contributed by atoms with Crippen molar-refractivity contribution in [2.24, 2.45) is 0 Å². The van der Waals surface area contributed by atoms with Crippen LogP contribution in [0.25, 0.3) is 0 Å². The Kier molecular flexibility index (Phi) is 4.93. The number of rotatable bonds is 3. The van der Waals surface area contributed by atoms with Gasteiger partial charge in [0.15, 0.2) is 0 Å². The van der Waals surface area contributed by atoms with E-state index in [0.29, 0.717) is 19.0 Å². The molecule has 2 heterocycles. The van der Waals surface area contributed by atoms with Gasteiger partial charge in [-0.05, 0) is 50.7 Å². The summed E-state index contributed by atoms with van der Waals surface area (Å²) >= 11 is 0. The summed E-state index contributed by atoms with van der Waals surface area (Å²) in [5.41, 5.74) is 3.95. The van der Waals surface area contributed by atoms with E-state index in [0.717, 1.165) is 17.7 Å². The van der Waals surface area contributed by atoms with Gasteiger partial charge in [-0.25, -0.2) is 0 Å². The summed E-state index contributed by atoms with van der Waals surface area (Å²) < 4.78 is 0. The topological polar surface area (TPSA) is 57.7 Å². The van der Waals surface area contributed by atoms with Gasteiger partial charge < -0.3 is 4.90 Å². The van der Waals surface area contributed by atoms with Gasteiger partial charge in [-0.1, -0.05) is 23.8 Å². The van der Waals surface area contributed by atoms with Crippen molar-refractivity contribution in [2.45, 2.75) is 58.4 Å². The Balaban J connectivity index is 1.64. The van der Waals surface area contributed by atoms with Crippen molar-refractivity contribution in [3.05, 3.63) is 34.9 Å². The van der Waals surface area contributed by atoms with E-state index in [1.54, 1.807) is 6.92 Å².